The number of anilines is 1. The summed E-state index contributed by atoms with van der Waals surface area (Å²) < 4.78 is 35.2. The van der Waals surface area contributed by atoms with E-state index in [4.69, 9.17) is 14.9 Å². The quantitative estimate of drug-likeness (QED) is 0.581. The number of nitrogens with two attached hydrogens (primary N) is 1. The highest BCUT2D eigenvalue weighted by Gasteiger charge is 2.21. The standard InChI is InChI=1S/C20H20N2O6S/c1-27-13-8-10-14(11-9-13)29(25,26)12-4-7-17(23)22-18-15-5-2-3-6-16(15)28-19(18)20(21)24/h2-3,5-6,8-11H,4,7,12H2,1H3,(H2,21,24)(H,22,23). The lowest BCUT2D eigenvalue weighted by atomic mass is 10.2. The maximum Gasteiger partial charge on any atom is 0.286 e. The van der Waals surface area contributed by atoms with Gasteiger partial charge in [-0.3, -0.25) is 9.59 Å². The predicted molar refractivity (Wildman–Crippen MR) is 108 cm³/mol. The van der Waals surface area contributed by atoms with Crippen LogP contribution in [0.15, 0.2) is 57.8 Å². The molecule has 1 aromatic heterocycles. The van der Waals surface area contributed by atoms with E-state index < -0.39 is 21.7 Å². The smallest absolute Gasteiger partial charge is 0.286 e. The molecule has 29 heavy (non-hydrogen) atoms. The van der Waals surface area contributed by atoms with Crippen molar-refractivity contribution >= 4 is 38.3 Å². The number of hydrogen-bond acceptors (Lipinski definition) is 6. The number of carbonyl (C=O) groups excluding carboxylic acids is 2. The van der Waals surface area contributed by atoms with Gasteiger partial charge in [0, 0.05) is 11.8 Å². The zero-order valence-corrected chi connectivity index (χ0v) is 16.5. The molecule has 9 heteroatoms. The van der Waals surface area contributed by atoms with E-state index in [9.17, 15) is 18.0 Å². The van der Waals surface area contributed by atoms with Crippen LogP contribution in [-0.2, 0) is 14.6 Å². The predicted octanol–water partition coefficient (Wildman–Crippen LogP) is 2.73. The molecule has 1 heterocycles. The number of amides is 2. The van der Waals surface area contributed by atoms with Crippen LogP contribution in [-0.4, -0.2) is 33.1 Å². The summed E-state index contributed by atoms with van der Waals surface area (Å²) in [5, 5.41) is 3.15. The molecule has 2 aromatic carbocycles. The number of nitrogens with one attached hydrogen (secondary N) is 1. The van der Waals surface area contributed by atoms with Gasteiger partial charge in [-0.1, -0.05) is 12.1 Å². The Morgan fingerprint density at radius 2 is 1.79 bits per heavy atom. The van der Waals surface area contributed by atoms with E-state index in [1.165, 1.54) is 19.2 Å². The van der Waals surface area contributed by atoms with Crippen molar-refractivity contribution in [3.8, 4) is 5.75 Å². The van der Waals surface area contributed by atoms with Crippen molar-refractivity contribution in [3.63, 3.8) is 0 Å². The van der Waals surface area contributed by atoms with Crippen LogP contribution in [0.1, 0.15) is 23.4 Å². The molecule has 0 fully saturated rings. The normalized spacial score (nSPS) is 11.3. The Hall–Kier alpha value is -3.33. The fourth-order valence-electron chi connectivity index (χ4n) is 2.87. The first kappa shape index (κ1) is 20.4. The second-order valence-corrected chi connectivity index (χ2v) is 8.42. The molecule has 0 spiro atoms. The van der Waals surface area contributed by atoms with Gasteiger partial charge >= 0.3 is 0 Å². The average molecular weight is 416 g/mol. The molecule has 0 atom stereocenters. The molecule has 0 radical (unpaired) electrons. The van der Waals surface area contributed by atoms with E-state index in [1.807, 2.05) is 0 Å². The molecule has 0 aliphatic carbocycles. The van der Waals surface area contributed by atoms with Gasteiger partial charge in [0.25, 0.3) is 5.91 Å². The van der Waals surface area contributed by atoms with E-state index in [1.54, 1.807) is 36.4 Å². The number of methoxy groups -OCH3 is 1. The van der Waals surface area contributed by atoms with Gasteiger partial charge in [-0.25, -0.2) is 8.42 Å². The van der Waals surface area contributed by atoms with Gasteiger partial charge in [-0.05, 0) is 42.8 Å². The minimum Gasteiger partial charge on any atom is -0.497 e. The number of ether oxygens (including phenoxy) is 1. The molecular weight excluding hydrogens is 396 g/mol. The maximum atomic E-state index is 12.4. The fraction of sp³-hybridized carbons (Fsp3) is 0.200. The molecule has 0 saturated heterocycles. The van der Waals surface area contributed by atoms with Crippen LogP contribution in [0.25, 0.3) is 11.0 Å². The first-order valence-electron chi connectivity index (χ1n) is 8.80. The monoisotopic (exact) mass is 416 g/mol. The molecule has 0 bridgehead atoms. The Morgan fingerprint density at radius 3 is 2.45 bits per heavy atom. The summed E-state index contributed by atoms with van der Waals surface area (Å²) in [5.74, 6) is -1.03. The molecule has 8 nitrogen and oxygen atoms in total. The highest BCUT2D eigenvalue weighted by Crippen LogP contribution is 2.30. The summed E-state index contributed by atoms with van der Waals surface area (Å²) in [6, 6.07) is 12.9. The largest absolute Gasteiger partial charge is 0.497 e. The van der Waals surface area contributed by atoms with Crippen molar-refractivity contribution in [1.29, 1.82) is 0 Å². The van der Waals surface area contributed by atoms with Crippen molar-refractivity contribution < 1.29 is 27.2 Å². The molecule has 0 aliphatic rings. The second kappa shape index (κ2) is 8.36. The fourth-order valence-corrected chi connectivity index (χ4v) is 4.18. The molecule has 0 unspecified atom stereocenters. The van der Waals surface area contributed by atoms with E-state index in [2.05, 4.69) is 5.32 Å². The zero-order valence-electron chi connectivity index (χ0n) is 15.7. The SMILES string of the molecule is COc1ccc(S(=O)(=O)CCCC(=O)Nc2c(C(N)=O)oc3ccccc23)cc1. The molecular formula is C20H20N2O6S. The Labute approximate surface area is 167 Å². The third-order valence-electron chi connectivity index (χ3n) is 4.32. The van der Waals surface area contributed by atoms with Crippen molar-refractivity contribution in [2.24, 2.45) is 5.73 Å². The third-order valence-corrected chi connectivity index (χ3v) is 6.14. The molecule has 3 rings (SSSR count). The van der Waals surface area contributed by atoms with Crippen molar-refractivity contribution in [3.05, 3.63) is 54.3 Å². The minimum atomic E-state index is -3.53. The van der Waals surface area contributed by atoms with Gasteiger partial charge in [0.05, 0.1) is 17.8 Å². The van der Waals surface area contributed by atoms with Gasteiger partial charge in [0.1, 0.15) is 17.0 Å². The Morgan fingerprint density at radius 1 is 1.10 bits per heavy atom. The number of para-hydroxylation sites is 1. The molecule has 3 N–H and O–H groups in total. The Bertz CT molecular complexity index is 1150. The van der Waals surface area contributed by atoms with Crippen molar-refractivity contribution in [2.45, 2.75) is 17.7 Å². The molecule has 3 aromatic rings. The van der Waals surface area contributed by atoms with Crippen LogP contribution in [0.2, 0.25) is 0 Å². The van der Waals surface area contributed by atoms with Crippen LogP contribution in [0.3, 0.4) is 0 Å². The lowest BCUT2D eigenvalue weighted by Crippen LogP contribution is -2.18. The lowest BCUT2D eigenvalue weighted by Gasteiger charge is -2.07. The third kappa shape index (κ3) is 4.57. The number of benzene rings is 2. The number of carbonyl (C=O) groups is 2. The second-order valence-electron chi connectivity index (χ2n) is 6.31. The first-order chi connectivity index (χ1) is 13.8. The number of fused-ring (bicyclic) bond motifs is 1. The highest BCUT2D eigenvalue weighted by atomic mass is 32.2. The summed E-state index contributed by atoms with van der Waals surface area (Å²) in [6.07, 6.45) is 0.0645. The van der Waals surface area contributed by atoms with E-state index in [0.29, 0.717) is 16.7 Å². The van der Waals surface area contributed by atoms with E-state index >= 15 is 0 Å². The van der Waals surface area contributed by atoms with Gasteiger partial charge in [0.2, 0.25) is 11.7 Å². The Balaban J connectivity index is 1.65. The van der Waals surface area contributed by atoms with Crippen molar-refractivity contribution in [2.75, 3.05) is 18.2 Å². The highest BCUT2D eigenvalue weighted by molar-refractivity contribution is 7.91. The zero-order chi connectivity index (χ0) is 21.0. The van der Waals surface area contributed by atoms with Crippen molar-refractivity contribution in [1.82, 2.24) is 0 Å². The first-order valence-corrected chi connectivity index (χ1v) is 10.4. The Kier molecular flexibility index (Phi) is 5.88. The van der Waals surface area contributed by atoms with Gasteiger partial charge in [0.15, 0.2) is 9.84 Å². The maximum absolute atomic E-state index is 12.4. The molecule has 2 amide bonds. The minimum absolute atomic E-state index is 0.0485. The average Bonchev–Trinajstić information content (AvgIpc) is 3.07. The van der Waals surface area contributed by atoms with Crippen LogP contribution in [0.5, 0.6) is 5.75 Å². The summed E-state index contributed by atoms with van der Waals surface area (Å²) in [5.41, 5.74) is 5.93. The van der Waals surface area contributed by atoms with Crippen LogP contribution in [0.4, 0.5) is 5.69 Å². The summed E-state index contributed by atoms with van der Waals surface area (Å²) in [4.78, 5) is 24.1. The van der Waals surface area contributed by atoms with Crippen LogP contribution >= 0.6 is 0 Å². The summed E-state index contributed by atoms with van der Waals surface area (Å²) >= 11 is 0. The number of sulfone groups is 1. The number of furan rings is 1. The molecule has 152 valence electrons. The molecule has 0 saturated carbocycles. The van der Waals surface area contributed by atoms with Gasteiger partial charge in [-0.2, -0.15) is 0 Å². The van der Waals surface area contributed by atoms with E-state index in [0.717, 1.165) is 0 Å². The summed E-state index contributed by atoms with van der Waals surface area (Å²) in [6.45, 7) is 0. The van der Waals surface area contributed by atoms with Gasteiger partial charge in [-0.15, -0.1) is 0 Å². The number of hydrogen-bond donors (Lipinski definition) is 2. The van der Waals surface area contributed by atoms with Gasteiger partial charge < -0.3 is 20.2 Å². The number of primary amides is 1. The lowest BCUT2D eigenvalue weighted by molar-refractivity contribution is -0.116. The topological polar surface area (TPSA) is 129 Å². The van der Waals surface area contributed by atoms with E-state index in [-0.39, 0.29) is 34.9 Å². The molecule has 0 aliphatic heterocycles. The van der Waals surface area contributed by atoms with Crippen LogP contribution in [0, 0.1) is 0 Å². The number of rotatable bonds is 8. The summed E-state index contributed by atoms with van der Waals surface area (Å²) in [7, 11) is -2.03. The van der Waals surface area contributed by atoms with Crippen LogP contribution < -0.4 is 15.8 Å².